The first-order valence-corrected chi connectivity index (χ1v) is 1.75. The van der Waals surface area contributed by atoms with Gasteiger partial charge in [0, 0.05) is 0 Å². The maximum Gasteiger partial charge on any atom is 0.142 e. The highest BCUT2D eigenvalue weighted by molar-refractivity contribution is 8.02. The van der Waals surface area contributed by atoms with Crippen LogP contribution in [-0.2, 0) is 0 Å². The molecule has 0 aromatic heterocycles. The van der Waals surface area contributed by atoms with Gasteiger partial charge in [-0.05, 0) is 0 Å². The topological polar surface area (TPSA) is 12.0 Å². The Morgan fingerprint density at radius 1 is 2.00 bits per heavy atom. The Morgan fingerprint density at radius 3 is 2.25 bits per heavy atom. The van der Waals surface area contributed by atoms with Crippen molar-refractivity contribution in [3.8, 4) is 0 Å². The fourth-order valence-electron chi connectivity index (χ4n) is 0. The molecule has 0 fully saturated rings. The molecule has 1 nitrogen and oxygen atoms in total. The third-order valence-corrected chi connectivity index (χ3v) is 0.311. The Hall–Kier alpha value is 0.590. The van der Waals surface area contributed by atoms with Gasteiger partial charge in [0.15, 0.2) is 0 Å². The van der Waals surface area contributed by atoms with Crippen LogP contribution in [0.3, 0.4) is 0 Å². The van der Waals surface area contributed by atoms with E-state index in [0.717, 1.165) is 0 Å². The normalized spacial score (nSPS) is 7.50. The van der Waals surface area contributed by atoms with Gasteiger partial charge in [-0.25, -0.2) is 0 Å². The Labute approximate surface area is 33.9 Å². The molecule has 0 saturated heterocycles. The molecule has 0 bridgehead atoms. The van der Waals surface area contributed by atoms with E-state index in [1.54, 1.807) is 0 Å². The molecule has 26 valence electrons. The Balaban J connectivity index is 1.97. The standard InChI is InChI=1S/FH2NS2/c1-4-2-3/h2-3H. The van der Waals surface area contributed by atoms with Gasteiger partial charge in [0.25, 0.3) is 0 Å². The lowest BCUT2D eigenvalue weighted by Gasteiger charge is -1.67. The van der Waals surface area contributed by atoms with Crippen molar-refractivity contribution in [2.24, 2.45) is 0 Å². The summed E-state index contributed by atoms with van der Waals surface area (Å²) in [6.45, 7) is 0. The highest BCUT2D eigenvalue weighted by Crippen LogP contribution is 1.89. The van der Waals surface area contributed by atoms with Crippen LogP contribution in [0.4, 0.5) is 3.89 Å². The minimum absolute atomic E-state index is 0.0293. The van der Waals surface area contributed by atoms with Gasteiger partial charge in [-0.1, -0.05) is 12.8 Å². The van der Waals surface area contributed by atoms with Crippen LogP contribution in [0.2, 0.25) is 0 Å². The number of rotatable bonds is 1. The Kier molecular flexibility index (Phi) is 4.12. The second-order valence-electron chi connectivity index (χ2n) is 0.168. The molecule has 0 aliphatic carbocycles. The van der Waals surface area contributed by atoms with Gasteiger partial charge in [0.1, 0.15) is 12.3 Å². The summed E-state index contributed by atoms with van der Waals surface area (Å²) < 4.78 is 12.3. The summed E-state index contributed by atoms with van der Waals surface area (Å²) >= 11 is 3.23. The first-order chi connectivity index (χ1) is 1.91. The van der Waals surface area contributed by atoms with Crippen LogP contribution in [0.5, 0.6) is 0 Å². The number of halogens is 1. The van der Waals surface area contributed by atoms with Crippen molar-refractivity contribution < 1.29 is 3.89 Å². The zero-order valence-corrected chi connectivity index (χ0v) is 3.44. The van der Waals surface area contributed by atoms with Crippen LogP contribution in [-0.4, -0.2) is 0 Å². The maximum absolute atomic E-state index is 10.5. The second-order valence-corrected chi connectivity index (χ2v) is 1.05. The number of thiol groups is 1. The van der Waals surface area contributed by atoms with E-state index in [4.69, 9.17) is 0 Å². The summed E-state index contributed by atoms with van der Waals surface area (Å²) in [5, 5.41) is 0. The van der Waals surface area contributed by atoms with Crippen LogP contribution in [0.15, 0.2) is 0 Å². The number of hydrogen-bond donors (Lipinski definition) is 2. The fourth-order valence-corrected chi connectivity index (χ4v) is 0. The average molecular weight is 99.2 g/mol. The number of hydrogen-bond acceptors (Lipinski definition) is 3. The van der Waals surface area contributed by atoms with E-state index in [0.29, 0.717) is 0 Å². The molecule has 0 radical (unpaired) electrons. The highest BCUT2D eigenvalue weighted by atomic mass is 32.2. The van der Waals surface area contributed by atoms with Crippen LogP contribution in [0, 0.1) is 0 Å². The summed E-state index contributed by atoms with van der Waals surface area (Å²) in [4.78, 5) is 0. The molecular weight excluding hydrogens is 97.1 g/mol. The van der Waals surface area contributed by atoms with Gasteiger partial charge in [-0.15, -0.1) is 3.89 Å². The van der Waals surface area contributed by atoms with Crippen LogP contribution >= 0.6 is 25.1 Å². The first kappa shape index (κ1) is 4.59. The molecule has 0 aliphatic heterocycles. The summed E-state index contributed by atoms with van der Waals surface area (Å²) in [5.74, 6) is 0. The molecule has 0 aromatic rings. The third kappa shape index (κ3) is 2.59. The van der Waals surface area contributed by atoms with Gasteiger partial charge in [0.2, 0.25) is 0 Å². The third-order valence-electron chi connectivity index (χ3n) is 0.0345. The summed E-state index contributed by atoms with van der Waals surface area (Å²) in [7, 11) is 0. The largest absolute Gasteiger partial charge is 0.182 e. The van der Waals surface area contributed by atoms with Crippen LogP contribution in [0.1, 0.15) is 0 Å². The van der Waals surface area contributed by atoms with Crippen LogP contribution in [0.25, 0.3) is 0 Å². The summed E-state index contributed by atoms with van der Waals surface area (Å²) in [6, 6.07) is 0. The average Bonchev–Trinajstić information content (AvgIpc) is 1.37. The molecule has 0 heterocycles. The quantitative estimate of drug-likeness (QED) is 0.375. The van der Waals surface area contributed by atoms with Crippen molar-refractivity contribution in [2.45, 2.75) is 0 Å². The molecule has 4 heavy (non-hydrogen) atoms. The summed E-state index contributed by atoms with van der Waals surface area (Å²) in [5.41, 5.74) is 0. The monoisotopic (exact) mass is 99.0 g/mol. The maximum atomic E-state index is 10.5. The van der Waals surface area contributed by atoms with Gasteiger partial charge in [0.05, 0.1) is 0 Å². The van der Waals surface area contributed by atoms with E-state index >= 15 is 0 Å². The van der Waals surface area contributed by atoms with Crippen molar-refractivity contribution in [3.05, 3.63) is 0 Å². The van der Waals surface area contributed by atoms with Gasteiger partial charge in [-0.3, -0.25) is 0 Å². The van der Waals surface area contributed by atoms with E-state index in [1.807, 2.05) is 4.13 Å². The predicted molar refractivity (Wildman–Crippen MR) is 20.8 cm³/mol. The van der Waals surface area contributed by atoms with Gasteiger partial charge >= 0.3 is 0 Å². The molecular formula is H2FNS2. The molecule has 0 unspecified atom stereocenters. The lowest BCUT2D eigenvalue weighted by atomic mass is 13.9. The molecule has 1 N–H and O–H groups in total. The SMILES string of the molecule is FSNS. The predicted octanol–water partition coefficient (Wildman–Crippen LogP) is 0.954. The first-order valence-electron chi connectivity index (χ1n) is 0.582. The van der Waals surface area contributed by atoms with Crippen molar-refractivity contribution in [1.82, 2.24) is 4.13 Å². The van der Waals surface area contributed by atoms with E-state index in [9.17, 15) is 3.89 Å². The van der Waals surface area contributed by atoms with Gasteiger partial charge in [-0.2, -0.15) is 4.13 Å². The van der Waals surface area contributed by atoms with Crippen molar-refractivity contribution in [3.63, 3.8) is 0 Å². The Morgan fingerprint density at radius 2 is 2.25 bits per heavy atom. The molecule has 0 saturated carbocycles. The minimum Gasteiger partial charge on any atom is -0.182 e. The lowest BCUT2D eigenvalue weighted by Crippen LogP contribution is -1.68. The molecule has 0 aromatic carbocycles. The second kappa shape index (κ2) is 3.59. The van der Waals surface area contributed by atoms with Crippen LogP contribution < -0.4 is 4.13 Å². The van der Waals surface area contributed by atoms with Crippen molar-refractivity contribution >= 4 is 25.1 Å². The molecule has 0 spiro atoms. The molecule has 0 rings (SSSR count). The van der Waals surface area contributed by atoms with Gasteiger partial charge < -0.3 is 0 Å². The zero-order chi connectivity index (χ0) is 3.41. The fraction of sp³-hybridized carbons (Fsp3) is 0. The number of nitrogens with one attached hydrogen (secondary N) is 1. The van der Waals surface area contributed by atoms with E-state index in [1.165, 1.54) is 0 Å². The Bertz CT molecular complexity index is 8.00. The smallest absolute Gasteiger partial charge is 0.142 e. The highest BCUT2D eigenvalue weighted by Gasteiger charge is 1.58. The van der Waals surface area contributed by atoms with E-state index in [2.05, 4.69) is 12.8 Å². The van der Waals surface area contributed by atoms with E-state index < -0.39 is 0 Å². The molecule has 0 amide bonds. The summed E-state index contributed by atoms with van der Waals surface area (Å²) in [6.07, 6.45) is 0. The molecule has 0 atom stereocenters. The van der Waals surface area contributed by atoms with Crippen molar-refractivity contribution in [2.75, 3.05) is 0 Å². The molecule has 0 aliphatic rings. The van der Waals surface area contributed by atoms with Crippen molar-refractivity contribution in [1.29, 1.82) is 0 Å². The van der Waals surface area contributed by atoms with E-state index in [-0.39, 0.29) is 12.3 Å². The molecule has 4 heteroatoms. The zero-order valence-electron chi connectivity index (χ0n) is 1.73. The minimum atomic E-state index is -0.0293. The lowest BCUT2D eigenvalue weighted by molar-refractivity contribution is 0.934.